The lowest BCUT2D eigenvalue weighted by atomic mass is 9.70. The second kappa shape index (κ2) is 5.62. The average molecular weight is 366 g/mol. The molecule has 0 bridgehead atoms. The molecule has 2 N–H and O–H groups in total. The van der Waals surface area contributed by atoms with Crippen molar-refractivity contribution in [1.82, 2.24) is 9.78 Å². The number of allylic oxidation sites excluding steroid dienone is 3. The number of alkyl halides is 3. The molecule has 3 rings (SSSR count). The van der Waals surface area contributed by atoms with Crippen LogP contribution in [0.4, 0.5) is 13.2 Å². The van der Waals surface area contributed by atoms with Gasteiger partial charge in [-0.1, -0.05) is 13.8 Å². The van der Waals surface area contributed by atoms with Gasteiger partial charge < -0.3 is 10.5 Å². The van der Waals surface area contributed by atoms with Crippen LogP contribution in [0, 0.1) is 16.7 Å². The number of halogens is 3. The van der Waals surface area contributed by atoms with Crippen LogP contribution in [0.1, 0.15) is 43.9 Å². The second-order valence-electron chi connectivity index (χ2n) is 7.31. The normalized spacial score (nSPS) is 22.8. The van der Waals surface area contributed by atoms with Crippen molar-refractivity contribution in [3.63, 3.8) is 0 Å². The quantitative estimate of drug-likeness (QED) is 0.825. The van der Waals surface area contributed by atoms with Gasteiger partial charge in [0.25, 0.3) is 0 Å². The number of rotatable bonds is 1. The number of hydrogen-bond donors (Lipinski definition) is 1. The molecule has 26 heavy (non-hydrogen) atoms. The van der Waals surface area contributed by atoms with Crippen molar-refractivity contribution in [3.8, 4) is 6.07 Å². The molecule has 0 spiro atoms. The van der Waals surface area contributed by atoms with Gasteiger partial charge in [-0.05, 0) is 5.41 Å². The minimum atomic E-state index is -4.73. The van der Waals surface area contributed by atoms with E-state index in [9.17, 15) is 23.2 Å². The Kier molecular flexibility index (Phi) is 3.90. The first-order valence-corrected chi connectivity index (χ1v) is 7.89. The second-order valence-corrected chi connectivity index (χ2v) is 7.31. The number of nitriles is 1. The molecule has 1 aliphatic heterocycles. The molecule has 1 aliphatic carbocycles. The molecule has 0 aromatic carbocycles. The summed E-state index contributed by atoms with van der Waals surface area (Å²) in [5.41, 5.74) is 3.83. The Balaban J connectivity index is 2.26. The van der Waals surface area contributed by atoms with Gasteiger partial charge >= 0.3 is 6.18 Å². The molecule has 1 atom stereocenters. The average Bonchev–Trinajstić information content (AvgIpc) is 2.86. The molecule has 0 fully saturated rings. The van der Waals surface area contributed by atoms with Gasteiger partial charge in [-0.2, -0.15) is 23.5 Å². The summed E-state index contributed by atoms with van der Waals surface area (Å²) in [5, 5.41) is 12.9. The largest absolute Gasteiger partial charge is 0.444 e. The smallest absolute Gasteiger partial charge is 0.435 e. The molecular weight excluding hydrogens is 349 g/mol. The fourth-order valence-electron chi connectivity index (χ4n) is 3.53. The highest BCUT2D eigenvalue weighted by atomic mass is 19.4. The molecular formula is C17H17F3N4O2. The summed E-state index contributed by atoms with van der Waals surface area (Å²) in [6.45, 7) is 3.72. The van der Waals surface area contributed by atoms with E-state index in [0.29, 0.717) is 6.42 Å². The van der Waals surface area contributed by atoms with Gasteiger partial charge in [0, 0.05) is 37.2 Å². The summed E-state index contributed by atoms with van der Waals surface area (Å²) in [6, 6.07) is 1.80. The molecule has 138 valence electrons. The van der Waals surface area contributed by atoms with Gasteiger partial charge in [-0.3, -0.25) is 9.48 Å². The Morgan fingerprint density at radius 1 is 1.42 bits per heavy atom. The maximum atomic E-state index is 13.5. The number of aromatic nitrogens is 2. The fourth-order valence-corrected chi connectivity index (χ4v) is 3.53. The van der Waals surface area contributed by atoms with Crippen molar-refractivity contribution in [2.24, 2.45) is 18.2 Å². The predicted octanol–water partition coefficient (Wildman–Crippen LogP) is 2.89. The van der Waals surface area contributed by atoms with Gasteiger partial charge in [0.05, 0.1) is 5.92 Å². The molecule has 1 aromatic rings. The molecule has 9 heteroatoms. The van der Waals surface area contributed by atoms with Crippen LogP contribution in [0.5, 0.6) is 0 Å². The Hall–Kier alpha value is -2.76. The highest BCUT2D eigenvalue weighted by Gasteiger charge is 2.47. The van der Waals surface area contributed by atoms with Crippen LogP contribution >= 0.6 is 0 Å². The Labute approximate surface area is 147 Å². The molecule has 0 radical (unpaired) electrons. The van der Waals surface area contributed by atoms with Crippen molar-refractivity contribution in [3.05, 3.63) is 40.2 Å². The first kappa shape index (κ1) is 18.0. The van der Waals surface area contributed by atoms with E-state index in [1.165, 1.54) is 13.2 Å². The van der Waals surface area contributed by atoms with E-state index in [4.69, 9.17) is 10.5 Å². The third-order valence-electron chi connectivity index (χ3n) is 4.51. The van der Waals surface area contributed by atoms with Gasteiger partial charge in [-0.15, -0.1) is 0 Å². The first-order chi connectivity index (χ1) is 11.9. The first-order valence-electron chi connectivity index (χ1n) is 7.89. The monoisotopic (exact) mass is 366 g/mol. The topological polar surface area (TPSA) is 93.9 Å². The van der Waals surface area contributed by atoms with Crippen molar-refractivity contribution < 1.29 is 22.7 Å². The van der Waals surface area contributed by atoms with Crippen LogP contribution in [0.3, 0.4) is 0 Å². The van der Waals surface area contributed by atoms with Crippen LogP contribution in [0.25, 0.3) is 0 Å². The number of ether oxygens (including phenoxy) is 1. The molecule has 0 unspecified atom stereocenters. The van der Waals surface area contributed by atoms with E-state index < -0.39 is 23.2 Å². The van der Waals surface area contributed by atoms with Gasteiger partial charge in [-0.25, -0.2) is 0 Å². The van der Waals surface area contributed by atoms with Crippen molar-refractivity contribution in [2.45, 2.75) is 38.8 Å². The molecule has 0 amide bonds. The van der Waals surface area contributed by atoms with Crippen LogP contribution in [0.15, 0.2) is 29.0 Å². The number of nitrogens with zero attached hydrogens (tertiary/aromatic N) is 3. The van der Waals surface area contributed by atoms with E-state index in [2.05, 4.69) is 5.10 Å². The highest BCUT2D eigenvalue weighted by molar-refractivity contribution is 6.00. The molecule has 0 saturated heterocycles. The summed E-state index contributed by atoms with van der Waals surface area (Å²) in [4.78, 5) is 12.7. The minimum absolute atomic E-state index is 0.0635. The summed E-state index contributed by atoms with van der Waals surface area (Å²) in [5.74, 6) is -1.64. The number of hydrogen-bond acceptors (Lipinski definition) is 5. The molecule has 6 nitrogen and oxygen atoms in total. The maximum absolute atomic E-state index is 13.5. The molecule has 0 saturated carbocycles. The van der Waals surface area contributed by atoms with Gasteiger partial charge in [0.1, 0.15) is 17.4 Å². The number of carbonyl (C=O) groups is 1. The maximum Gasteiger partial charge on any atom is 0.435 e. The van der Waals surface area contributed by atoms with Crippen LogP contribution < -0.4 is 5.73 Å². The predicted molar refractivity (Wildman–Crippen MR) is 83.9 cm³/mol. The zero-order chi connectivity index (χ0) is 19.4. The zero-order valence-corrected chi connectivity index (χ0v) is 14.4. The third kappa shape index (κ3) is 2.85. The van der Waals surface area contributed by atoms with Crippen LogP contribution in [0.2, 0.25) is 0 Å². The van der Waals surface area contributed by atoms with E-state index in [-0.39, 0.29) is 40.6 Å². The van der Waals surface area contributed by atoms with Crippen molar-refractivity contribution in [2.75, 3.05) is 0 Å². The summed E-state index contributed by atoms with van der Waals surface area (Å²) in [6.07, 6.45) is -3.08. The molecule has 1 aromatic heterocycles. The summed E-state index contributed by atoms with van der Waals surface area (Å²) in [7, 11) is 1.35. The number of Topliss-reactive ketones (excluding diaryl/α,β-unsaturated/α-hetero) is 1. The Morgan fingerprint density at radius 2 is 2.08 bits per heavy atom. The third-order valence-corrected chi connectivity index (χ3v) is 4.51. The Bertz CT molecular complexity index is 900. The number of aryl methyl sites for hydroxylation is 1. The van der Waals surface area contributed by atoms with E-state index in [0.717, 1.165) is 4.68 Å². The van der Waals surface area contributed by atoms with Gasteiger partial charge in [0.15, 0.2) is 11.5 Å². The minimum Gasteiger partial charge on any atom is -0.444 e. The van der Waals surface area contributed by atoms with Crippen molar-refractivity contribution in [1.29, 1.82) is 5.26 Å². The molecule has 2 heterocycles. The SMILES string of the molecule is Cn1cc([C@@H]2C(C#N)=C(N)OC3=C2C(=O)CC(C)(C)C3)c(C(F)(F)F)n1. The van der Waals surface area contributed by atoms with Crippen molar-refractivity contribution >= 4 is 5.78 Å². The lowest BCUT2D eigenvalue weighted by Crippen LogP contribution is -2.34. The Morgan fingerprint density at radius 3 is 2.65 bits per heavy atom. The van der Waals surface area contributed by atoms with E-state index in [1.807, 2.05) is 13.8 Å². The number of ketones is 1. The van der Waals surface area contributed by atoms with E-state index >= 15 is 0 Å². The highest BCUT2D eigenvalue weighted by Crippen LogP contribution is 2.49. The fraction of sp³-hybridized carbons (Fsp3) is 0.471. The van der Waals surface area contributed by atoms with Crippen LogP contribution in [-0.2, 0) is 22.8 Å². The van der Waals surface area contributed by atoms with Gasteiger partial charge in [0.2, 0.25) is 5.88 Å². The lowest BCUT2D eigenvalue weighted by molar-refractivity contribution is -0.142. The standard InChI is InChI=1S/C17H17F3N4O2/c1-16(2)4-10(25)13-11(5-16)26-15(22)8(6-21)12(13)9-7-24(3)23-14(9)17(18,19)20/h7,12H,4-5,22H2,1-3H3/t12-/m0/s1. The zero-order valence-electron chi connectivity index (χ0n) is 14.4. The summed E-state index contributed by atoms with van der Waals surface area (Å²) >= 11 is 0. The molecule has 2 aliphatic rings. The number of nitrogens with two attached hydrogens (primary N) is 1. The lowest BCUT2D eigenvalue weighted by Gasteiger charge is -2.37. The van der Waals surface area contributed by atoms with E-state index in [1.54, 1.807) is 6.07 Å². The van der Waals surface area contributed by atoms with Crippen LogP contribution in [-0.4, -0.2) is 15.6 Å². The summed E-state index contributed by atoms with van der Waals surface area (Å²) < 4.78 is 46.8. The number of carbonyl (C=O) groups excluding carboxylic acids is 1.